The third-order valence-electron chi connectivity index (χ3n) is 0.977. The molecular weight excluding hydrogens is 132 g/mol. The van der Waals surface area contributed by atoms with Crippen molar-refractivity contribution in [2.45, 2.75) is 6.42 Å². The molecule has 0 N–H and O–H groups in total. The first-order chi connectivity index (χ1) is 4.35. The average molecular weight is 143 g/mol. The summed E-state index contributed by atoms with van der Waals surface area (Å²) in [4.78, 5) is 0. The van der Waals surface area contributed by atoms with E-state index in [1.807, 2.05) is 6.08 Å². The van der Waals surface area contributed by atoms with Gasteiger partial charge < -0.3 is 0 Å². The van der Waals surface area contributed by atoms with E-state index in [2.05, 4.69) is 13.2 Å². The number of halogens is 1. The molecule has 0 aromatic carbocycles. The van der Waals surface area contributed by atoms with E-state index in [9.17, 15) is 0 Å². The van der Waals surface area contributed by atoms with Crippen molar-refractivity contribution in [3.63, 3.8) is 0 Å². The molecule has 1 heteroatoms. The fourth-order valence-electron chi connectivity index (χ4n) is 0.514. The van der Waals surface area contributed by atoms with Crippen molar-refractivity contribution >= 4 is 11.6 Å². The first-order valence-electron chi connectivity index (χ1n) is 2.85. The molecular formula is C8H11Cl. The first kappa shape index (κ1) is 8.51. The summed E-state index contributed by atoms with van der Waals surface area (Å²) in [7, 11) is 0. The normalized spacial score (nSPS) is 11.0. The zero-order chi connectivity index (χ0) is 7.11. The van der Waals surface area contributed by atoms with Gasteiger partial charge in [-0.2, -0.15) is 0 Å². The molecule has 0 spiro atoms. The third-order valence-corrected chi connectivity index (χ3v) is 1.17. The molecule has 0 aromatic rings. The molecule has 0 rings (SSSR count). The highest BCUT2D eigenvalue weighted by Crippen LogP contribution is 2.02. The van der Waals surface area contributed by atoms with Crippen LogP contribution in [0.15, 0.2) is 37.0 Å². The molecule has 0 aliphatic heterocycles. The van der Waals surface area contributed by atoms with E-state index in [1.54, 1.807) is 12.2 Å². The summed E-state index contributed by atoms with van der Waals surface area (Å²) in [6, 6.07) is 0. The number of alkyl halides is 1. The molecule has 0 unspecified atom stereocenters. The van der Waals surface area contributed by atoms with Crippen LogP contribution in [0.1, 0.15) is 6.42 Å². The predicted molar refractivity (Wildman–Crippen MR) is 43.8 cm³/mol. The van der Waals surface area contributed by atoms with Gasteiger partial charge in [0.1, 0.15) is 0 Å². The maximum absolute atomic E-state index is 5.49. The summed E-state index contributed by atoms with van der Waals surface area (Å²) < 4.78 is 0. The van der Waals surface area contributed by atoms with E-state index in [4.69, 9.17) is 11.6 Å². The Morgan fingerprint density at radius 2 is 2.11 bits per heavy atom. The number of hydrogen-bond acceptors (Lipinski definition) is 0. The van der Waals surface area contributed by atoms with E-state index in [0.29, 0.717) is 5.88 Å². The Bertz CT molecular complexity index is 123. The third kappa shape index (κ3) is 4.04. The van der Waals surface area contributed by atoms with Crippen molar-refractivity contribution in [3.8, 4) is 0 Å². The van der Waals surface area contributed by atoms with Gasteiger partial charge >= 0.3 is 0 Å². The van der Waals surface area contributed by atoms with Gasteiger partial charge in [-0.15, -0.1) is 11.6 Å². The van der Waals surface area contributed by atoms with Gasteiger partial charge in [0.2, 0.25) is 0 Å². The van der Waals surface area contributed by atoms with E-state index in [0.717, 1.165) is 12.0 Å². The zero-order valence-corrected chi connectivity index (χ0v) is 6.19. The Hall–Kier alpha value is -0.490. The quantitative estimate of drug-likeness (QED) is 0.418. The molecule has 0 aliphatic rings. The molecule has 0 bridgehead atoms. The lowest BCUT2D eigenvalue weighted by molar-refractivity contribution is 1.16. The standard InChI is InChI=1S/C8H11Cl/c1-3-5-8(4-2)6-7-9/h3-5H,1-2,6-7H2/b8-5+. The van der Waals surface area contributed by atoms with E-state index >= 15 is 0 Å². The van der Waals surface area contributed by atoms with Gasteiger partial charge in [-0.25, -0.2) is 0 Å². The summed E-state index contributed by atoms with van der Waals surface area (Å²) in [6.45, 7) is 7.19. The topological polar surface area (TPSA) is 0 Å². The second-order valence-electron chi connectivity index (χ2n) is 1.62. The second-order valence-corrected chi connectivity index (χ2v) is 2.00. The largest absolute Gasteiger partial charge is 0.126 e. The molecule has 50 valence electrons. The highest BCUT2D eigenvalue weighted by Gasteiger charge is 1.85. The Labute approximate surface area is 61.5 Å². The van der Waals surface area contributed by atoms with E-state index in [1.165, 1.54) is 0 Å². The van der Waals surface area contributed by atoms with E-state index < -0.39 is 0 Å². The minimum absolute atomic E-state index is 0.645. The molecule has 0 radical (unpaired) electrons. The molecule has 0 saturated carbocycles. The van der Waals surface area contributed by atoms with Crippen LogP contribution in [0.2, 0.25) is 0 Å². The lowest BCUT2D eigenvalue weighted by Crippen LogP contribution is -1.77. The van der Waals surface area contributed by atoms with Gasteiger partial charge in [0.05, 0.1) is 0 Å². The fourth-order valence-corrected chi connectivity index (χ4v) is 0.732. The summed E-state index contributed by atoms with van der Waals surface area (Å²) in [5.41, 5.74) is 1.14. The minimum Gasteiger partial charge on any atom is -0.126 e. The maximum atomic E-state index is 5.49. The van der Waals surface area contributed by atoms with E-state index in [-0.39, 0.29) is 0 Å². The monoisotopic (exact) mass is 142 g/mol. The lowest BCUT2D eigenvalue weighted by atomic mass is 10.2. The van der Waals surface area contributed by atoms with Crippen LogP contribution in [-0.4, -0.2) is 5.88 Å². The van der Waals surface area contributed by atoms with Gasteiger partial charge in [-0.1, -0.05) is 31.4 Å². The molecule has 9 heavy (non-hydrogen) atoms. The van der Waals surface area contributed by atoms with Crippen LogP contribution >= 0.6 is 11.6 Å². The SMILES string of the molecule is C=C/C=C(\C=C)CCCl. The minimum atomic E-state index is 0.645. The number of rotatable bonds is 4. The molecule has 0 fully saturated rings. The molecule has 0 nitrogen and oxygen atoms in total. The Kier molecular flexibility index (Phi) is 5.34. The maximum Gasteiger partial charge on any atom is 0.0263 e. The molecule has 0 saturated heterocycles. The van der Waals surface area contributed by atoms with Crippen molar-refractivity contribution in [2.75, 3.05) is 5.88 Å². The lowest BCUT2D eigenvalue weighted by Gasteiger charge is -1.92. The Balaban J connectivity index is 3.80. The second kappa shape index (κ2) is 5.64. The smallest absolute Gasteiger partial charge is 0.0263 e. The predicted octanol–water partition coefficient (Wildman–Crippen LogP) is 2.91. The fraction of sp³-hybridized carbons (Fsp3) is 0.250. The van der Waals surface area contributed by atoms with Crippen molar-refractivity contribution < 1.29 is 0 Å². The average Bonchev–Trinajstić information content (AvgIpc) is 1.88. The van der Waals surface area contributed by atoms with Gasteiger partial charge in [0, 0.05) is 5.88 Å². The van der Waals surface area contributed by atoms with Gasteiger partial charge in [0.25, 0.3) is 0 Å². The van der Waals surface area contributed by atoms with Crippen molar-refractivity contribution in [1.29, 1.82) is 0 Å². The van der Waals surface area contributed by atoms with Crippen molar-refractivity contribution in [2.24, 2.45) is 0 Å². The van der Waals surface area contributed by atoms with Crippen molar-refractivity contribution in [3.05, 3.63) is 37.0 Å². The number of allylic oxidation sites excluding steroid dienone is 4. The van der Waals surface area contributed by atoms with Gasteiger partial charge in [-0.05, 0) is 12.0 Å². The summed E-state index contributed by atoms with van der Waals surface area (Å²) >= 11 is 5.49. The highest BCUT2D eigenvalue weighted by molar-refractivity contribution is 6.18. The van der Waals surface area contributed by atoms with Crippen LogP contribution in [0, 0.1) is 0 Å². The van der Waals surface area contributed by atoms with Crippen LogP contribution in [0.5, 0.6) is 0 Å². The zero-order valence-electron chi connectivity index (χ0n) is 5.44. The molecule has 0 amide bonds. The number of hydrogen-bond donors (Lipinski definition) is 0. The van der Waals surface area contributed by atoms with Crippen LogP contribution in [-0.2, 0) is 0 Å². The first-order valence-corrected chi connectivity index (χ1v) is 3.38. The Morgan fingerprint density at radius 1 is 1.44 bits per heavy atom. The van der Waals surface area contributed by atoms with Crippen LogP contribution in [0.25, 0.3) is 0 Å². The highest BCUT2D eigenvalue weighted by atomic mass is 35.5. The molecule has 0 aromatic heterocycles. The molecule has 0 atom stereocenters. The summed E-state index contributed by atoms with van der Waals surface area (Å²) in [6.07, 6.45) is 6.32. The van der Waals surface area contributed by atoms with Crippen LogP contribution < -0.4 is 0 Å². The van der Waals surface area contributed by atoms with Gasteiger partial charge in [-0.3, -0.25) is 0 Å². The van der Waals surface area contributed by atoms with Crippen molar-refractivity contribution in [1.82, 2.24) is 0 Å². The molecule has 0 aliphatic carbocycles. The summed E-state index contributed by atoms with van der Waals surface area (Å²) in [5.74, 6) is 0.645. The Morgan fingerprint density at radius 3 is 2.44 bits per heavy atom. The van der Waals surface area contributed by atoms with Gasteiger partial charge in [0.15, 0.2) is 0 Å². The summed E-state index contributed by atoms with van der Waals surface area (Å²) in [5, 5.41) is 0. The van der Waals surface area contributed by atoms with Crippen LogP contribution in [0.4, 0.5) is 0 Å². The van der Waals surface area contributed by atoms with Crippen LogP contribution in [0.3, 0.4) is 0 Å². The molecule has 0 heterocycles.